The van der Waals surface area contributed by atoms with Gasteiger partial charge >= 0.3 is 0 Å². The minimum Gasteiger partial charge on any atom is -0.361 e. The van der Waals surface area contributed by atoms with Crippen LogP contribution >= 0.6 is 0 Å². The number of aromatic nitrogens is 1. The third-order valence-electron chi connectivity index (χ3n) is 3.26. The molecule has 0 aliphatic heterocycles. The van der Waals surface area contributed by atoms with Crippen molar-refractivity contribution in [3.63, 3.8) is 0 Å². The van der Waals surface area contributed by atoms with E-state index in [2.05, 4.69) is 5.16 Å². The van der Waals surface area contributed by atoms with Crippen molar-refractivity contribution in [3.05, 3.63) is 46.8 Å². The fraction of sp³-hybridized carbons (Fsp3) is 0.286. The Morgan fingerprint density at radius 3 is 2.57 bits per heavy atom. The van der Waals surface area contributed by atoms with Gasteiger partial charge in [-0.05, 0) is 26.0 Å². The van der Waals surface area contributed by atoms with Crippen molar-refractivity contribution in [1.82, 2.24) is 9.46 Å². The average Bonchev–Trinajstić information content (AvgIpc) is 2.79. The molecule has 0 bridgehead atoms. The van der Waals surface area contributed by atoms with Crippen molar-refractivity contribution < 1.29 is 12.9 Å². The van der Waals surface area contributed by atoms with E-state index in [1.165, 1.54) is 23.5 Å². The number of aryl methyl sites for hydroxylation is 2. The van der Waals surface area contributed by atoms with Crippen LogP contribution in [0, 0.1) is 25.2 Å². The minimum atomic E-state index is -3.75. The molecule has 0 unspecified atom stereocenters. The molecular weight excluding hydrogens is 290 g/mol. The molecule has 0 saturated heterocycles. The lowest BCUT2D eigenvalue weighted by Crippen LogP contribution is -2.27. The lowest BCUT2D eigenvalue weighted by molar-refractivity contribution is 0.390. The molecular formula is C14H15N3O3S. The zero-order valence-corrected chi connectivity index (χ0v) is 12.8. The van der Waals surface area contributed by atoms with E-state index in [1.807, 2.05) is 6.07 Å². The third kappa shape index (κ3) is 2.82. The Morgan fingerprint density at radius 1 is 1.33 bits per heavy atom. The molecule has 7 heteroatoms. The van der Waals surface area contributed by atoms with E-state index in [9.17, 15) is 8.42 Å². The first-order valence-electron chi connectivity index (χ1n) is 6.25. The van der Waals surface area contributed by atoms with Crippen LogP contribution in [-0.4, -0.2) is 24.9 Å². The number of sulfonamides is 1. The first-order chi connectivity index (χ1) is 9.87. The molecule has 0 saturated carbocycles. The molecule has 0 atom stereocenters. The molecule has 1 heterocycles. The Kier molecular flexibility index (Phi) is 4.11. The number of rotatable bonds is 4. The smallest absolute Gasteiger partial charge is 0.244 e. The highest BCUT2D eigenvalue weighted by atomic mass is 32.2. The maximum Gasteiger partial charge on any atom is 0.244 e. The van der Waals surface area contributed by atoms with Gasteiger partial charge in [-0.15, -0.1) is 0 Å². The largest absolute Gasteiger partial charge is 0.361 e. The number of hydrogen-bond donors (Lipinski definition) is 0. The topological polar surface area (TPSA) is 87.2 Å². The SMILES string of the molecule is Cc1noc(C)c1CN(C)S(=O)(=O)c1ccccc1C#N. The average molecular weight is 305 g/mol. The summed E-state index contributed by atoms with van der Waals surface area (Å²) >= 11 is 0. The van der Waals surface area contributed by atoms with E-state index in [4.69, 9.17) is 9.78 Å². The number of benzene rings is 1. The second-order valence-corrected chi connectivity index (χ2v) is 6.69. The van der Waals surface area contributed by atoms with Crippen LogP contribution in [0.3, 0.4) is 0 Å². The van der Waals surface area contributed by atoms with Crippen LogP contribution in [0.1, 0.15) is 22.6 Å². The van der Waals surface area contributed by atoms with E-state index in [-0.39, 0.29) is 17.0 Å². The molecule has 0 aliphatic rings. The second kappa shape index (κ2) is 5.68. The summed E-state index contributed by atoms with van der Waals surface area (Å²) in [5, 5.41) is 12.9. The quantitative estimate of drug-likeness (QED) is 0.862. The minimum absolute atomic E-state index is 0.00163. The molecule has 21 heavy (non-hydrogen) atoms. The van der Waals surface area contributed by atoms with Crippen LogP contribution in [0.4, 0.5) is 0 Å². The van der Waals surface area contributed by atoms with Crippen LogP contribution in [0.25, 0.3) is 0 Å². The van der Waals surface area contributed by atoms with Gasteiger partial charge in [0, 0.05) is 19.2 Å². The molecule has 2 rings (SSSR count). The van der Waals surface area contributed by atoms with Crippen LogP contribution in [0.5, 0.6) is 0 Å². The predicted molar refractivity (Wildman–Crippen MR) is 75.8 cm³/mol. The van der Waals surface area contributed by atoms with Gasteiger partial charge in [0.1, 0.15) is 11.8 Å². The Morgan fingerprint density at radius 2 is 2.00 bits per heavy atom. The van der Waals surface area contributed by atoms with Gasteiger partial charge in [0.15, 0.2) is 0 Å². The lowest BCUT2D eigenvalue weighted by Gasteiger charge is -2.17. The number of nitrogens with zero attached hydrogens (tertiary/aromatic N) is 3. The highest BCUT2D eigenvalue weighted by molar-refractivity contribution is 7.89. The summed E-state index contributed by atoms with van der Waals surface area (Å²) in [6.07, 6.45) is 0. The Hall–Kier alpha value is -2.17. The number of hydrogen-bond acceptors (Lipinski definition) is 5. The molecule has 1 aromatic heterocycles. The second-order valence-electron chi connectivity index (χ2n) is 4.67. The Balaban J connectivity index is 2.38. The van der Waals surface area contributed by atoms with Gasteiger partial charge in [-0.1, -0.05) is 17.3 Å². The van der Waals surface area contributed by atoms with E-state index in [1.54, 1.807) is 26.0 Å². The molecule has 0 amide bonds. The van der Waals surface area contributed by atoms with Crippen LogP contribution in [0.2, 0.25) is 0 Å². The highest BCUT2D eigenvalue weighted by Gasteiger charge is 2.25. The van der Waals surface area contributed by atoms with Crippen LogP contribution in [0.15, 0.2) is 33.7 Å². The molecule has 0 aliphatic carbocycles. The first-order valence-corrected chi connectivity index (χ1v) is 7.69. The summed E-state index contributed by atoms with van der Waals surface area (Å²) in [5.74, 6) is 0.586. The van der Waals surface area contributed by atoms with Crippen molar-refractivity contribution >= 4 is 10.0 Å². The monoisotopic (exact) mass is 305 g/mol. The zero-order chi connectivity index (χ0) is 15.6. The summed E-state index contributed by atoms with van der Waals surface area (Å²) in [6, 6.07) is 8.04. The molecule has 2 aromatic rings. The fourth-order valence-electron chi connectivity index (χ4n) is 1.99. The van der Waals surface area contributed by atoms with Gasteiger partial charge in [-0.25, -0.2) is 8.42 Å². The van der Waals surface area contributed by atoms with Crippen molar-refractivity contribution in [2.45, 2.75) is 25.3 Å². The third-order valence-corrected chi connectivity index (χ3v) is 5.12. The summed E-state index contributed by atoms with van der Waals surface area (Å²) in [5.41, 5.74) is 1.52. The molecule has 110 valence electrons. The van der Waals surface area contributed by atoms with E-state index in [0.717, 1.165) is 5.56 Å². The normalized spacial score (nSPS) is 11.6. The summed E-state index contributed by atoms with van der Waals surface area (Å²) < 4.78 is 31.4. The van der Waals surface area contributed by atoms with Crippen molar-refractivity contribution in [2.75, 3.05) is 7.05 Å². The van der Waals surface area contributed by atoms with Crippen LogP contribution in [-0.2, 0) is 16.6 Å². The van der Waals surface area contributed by atoms with Gasteiger partial charge in [0.05, 0.1) is 16.2 Å². The summed E-state index contributed by atoms with van der Waals surface area (Å²) in [7, 11) is -2.28. The van der Waals surface area contributed by atoms with Gasteiger partial charge < -0.3 is 4.52 Å². The maximum atomic E-state index is 12.6. The van der Waals surface area contributed by atoms with Crippen molar-refractivity contribution in [2.24, 2.45) is 0 Å². The van der Waals surface area contributed by atoms with Gasteiger partial charge in [0.2, 0.25) is 10.0 Å². The van der Waals surface area contributed by atoms with E-state index < -0.39 is 10.0 Å². The zero-order valence-electron chi connectivity index (χ0n) is 12.0. The lowest BCUT2D eigenvalue weighted by atomic mass is 10.2. The summed E-state index contributed by atoms with van der Waals surface area (Å²) in [4.78, 5) is 0.00163. The molecule has 0 N–H and O–H groups in total. The van der Waals surface area contributed by atoms with Crippen molar-refractivity contribution in [1.29, 1.82) is 5.26 Å². The van der Waals surface area contributed by atoms with Gasteiger partial charge in [0.25, 0.3) is 0 Å². The highest BCUT2D eigenvalue weighted by Crippen LogP contribution is 2.22. The molecule has 1 aromatic carbocycles. The first kappa shape index (κ1) is 15.2. The molecule has 0 fully saturated rings. The Labute approximate surface area is 123 Å². The standard InChI is InChI=1S/C14H15N3O3S/c1-10-13(11(2)20-16-10)9-17(3)21(18,19)14-7-5-4-6-12(14)8-15/h4-7H,9H2,1-3H3. The van der Waals surface area contributed by atoms with E-state index in [0.29, 0.717) is 11.5 Å². The van der Waals surface area contributed by atoms with Gasteiger partial charge in [-0.2, -0.15) is 9.57 Å². The van der Waals surface area contributed by atoms with E-state index >= 15 is 0 Å². The molecule has 0 radical (unpaired) electrons. The number of nitriles is 1. The van der Waals surface area contributed by atoms with Gasteiger partial charge in [-0.3, -0.25) is 0 Å². The molecule has 0 spiro atoms. The van der Waals surface area contributed by atoms with Crippen LogP contribution < -0.4 is 0 Å². The van der Waals surface area contributed by atoms with Crippen molar-refractivity contribution in [3.8, 4) is 6.07 Å². The fourth-order valence-corrected chi connectivity index (χ4v) is 3.26. The molecule has 6 nitrogen and oxygen atoms in total. The predicted octanol–water partition coefficient (Wildman–Crippen LogP) is 1.98. The maximum absolute atomic E-state index is 12.6. The Bertz CT molecular complexity index is 784. The summed E-state index contributed by atoms with van der Waals surface area (Å²) in [6.45, 7) is 3.64.